The number of fused-ring (bicyclic) bond motifs is 1. The predicted molar refractivity (Wildman–Crippen MR) is 89.6 cm³/mol. The van der Waals surface area contributed by atoms with Crippen molar-refractivity contribution in [1.29, 1.82) is 0 Å². The van der Waals surface area contributed by atoms with Gasteiger partial charge >= 0.3 is 0 Å². The van der Waals surface area contributed by atoms with E-state index >= 15 is 0 Å². The van der Waals surface area contributed by atoms with Crippen molar-refractivity contribution in [3.63, 3.8) is 0 Å². The number of nitrogens with zero attached hydrogens (tertiary/aromatic N) is 2. The second-order valence-electron chi connectivity index (χ2n) is 6.51. The molecule has 1 aliphatic carbocycles. The molecule has 1 saturated heterocycles. The van der Waals surface area contributed by atoms with Crippen LogP contribution >= 0.6 is 0 Å². The molecule has 3 N–H and O–H groups in total. The van der Waals surface area contributed by atoms with Crippen molar-refractivity contribution in [3.05, 3.63) is 53.3 Å². The molecule has 0 radical (unpaired) electrons. The Morgan fingerprint density at radius 3 is 2.83 bits per heavy atom. The minimum absolute atomic E-state index is 0.0760. The van der Waals surface area contributed by atoms with E-state index in [-0.39, 0.29) is 24.0 Å². The summed E-state index contributed by atoms with van der Waals surface area (Å²) in [7, 11) is 0. The zero-order valence-electron chi connectivity index (χ0n) is 13.5. The summed E-state index contributed by atoms with van der Waals surface area (Å²) in [6.45, 7) is 1.43. The Kier molecular flexibility index (Phi) is 4.08. The van der Waals surface area contributed by atoms with Gasteiger partial charge in [0.15, 0.2) is 0 Å². The quantitative estimate of drug-likeness (QED) is 0.897. The molecule has 126 valence electrons. The van der Waals surface area contributed by atoms with Gasteiger partial charge in [-0.25, -0.2) is 0 Å². The summed E-state index contributed by atoms with van der Waals surface area (Å²) >= 11 is 0. The van der Waals surface area contributed by atoms with Crippen LogP contribution < -0.4 is 11.1 Å². The zero-order valence-corrected chi connectivity index (χ0v) is 13.5. The fourth-order valence-electron chi connectivity index (χ4n) is 3.72. The summed E-state index contributed by atoms with van der Waals surface area (Å²) < 4.78 is 7.24. The summed E-state index contributed by atoms with van der Waals surface area (Å²) in [4.78, 5) is 12.8. The number of amides is 1. The van der Waals surface area contributed by atoms with E-state index in [1.807, 2.05) is 22.9 Å². The Bertz CT molecular complexity index is 736. The van der Waals surface area contributed by atoms with Gasteiger partial charge in [0.05, 0.1) is 18.1 Å². The number of rotatable bonds is 3. The van der Waals surface area contributed by atoms with E-state index in [2.05, 4.69) is 16.5 Å². The molecule has 0 bridgehead atoms. The zero-order chi connectivity index (χ0) is 16.5. The number of carbonyl (C=O) groups is 1. The largest absolute Gasteiger partial charge is 0.381 e. The lowest BCUT2D eigenvalue weighted by Crippen LogP contribution is -2.41. The van der Waals surface area contributed by atoms with Crippen LogP contribution in [-0.4, -0.2) is 34.9 Å². The average molecular weight is 326 g/mol. The summed E-state index contributed by atoms with van der Waals surface area (Å²) in [5, 5.41) is 7.46. The monoisotopic (exact) mass is 326 g/mol. The van der Waals surface area contributed by atoms with Gasteiger partial charge < -0.3 is 15.8 Å². The van der Waals surface area contributed by atoms with Gasteiger partial charge in [0.25, 0.3) is 5.91 Å². The molecule has 1 fully saturated rings. The first-order chi connectivity index (χ1) is 11.7. The molecular weight excluding hydrogens is 304 g/mol. The van der Waals surface area contributed by atoms with Gasteiger partial charge in [-0.2, -0.15) is 5.10 Å². The van der Waals surface area contributed by atoms with Crippen molar-refractivity contribution in [3.8, 4) is 0 Å². The summed E-state index contributed by atoms with van der Waals surface area (Å²) in [5.74, 6) is -0.104. The molecule has 6 nitrogen and oxygen atoms in total. The predicted octanol–water partition coefficient (Wildman–Crippen LogP) is 1.59. The van der Waals surface area contributed by atoms with Gasteiger partial charge in [-0.15, -0.1) is 0 Å². The molecule has 2 atom stereocenters. The number of carbonyl (C=O) groups excluding carboxylic acids is 1. The lowest BCUT2D eigenvalue weighted by atomic mass is 10.1. The molecule has 6 heteroatoms. The third-order valence-corrected chi connectivity index (χ3v) is 5.04. The number of benzene rings is 1. The van der Waals surface area contributed by atoms with E-state index in [1.165, 1.54) is 5.56 Å². The van der Waals surface area contributed by atoms with Crippen molar-refractivity contribution in [2.24, 2.45) is 5.73 Å². The fraction of sp³-hybridized carbons (Fsp3) is 0.444. The van der Waals surface area contributed by atoms with E-state index in [0.29, 0.717) is 18.9 Å². The van der Waals surface area contributed by atoms with Crippen molar-refractivity contribution in [2.75, 3.05) is 13.2 Å². The van der Waals surface area contributed by atoms with Crippen LogP contribution in [0.3, 0.4) is 0 Å². The van der Waals surface area contributed by atoms with Gasteiger partial charge in [-0.3, -0.25) is 9.48 Å². The highest BCUT2D eigenvalue weighted by atomic mass is 16.5. The van der Waals surface area contributed by atoms with Crippen LogP contribution in [0, 0.1) is 0 Å². The molecule has 1 aliphatic heterocycles. The molecule has 24 heavy (non-hydrogen) atoms. The Balaban J connectivity index is 1.49. The van der Waals surface area contributed by atoms with E-state index in [0.717, 1.165) is 24.8 Å². The molecule has 1 aromatic carbocycles. The minimum atomic E-state index is -0.162. The highest BCUT2D eigenvalue weighted by Crippen LogP contribution is 2.29. The molecule has 4 rings (SSSR count). The molecule has 2 aliphatic rings. The van der Waals surface area contributed by atoms with Crippen LogP contribution in [0.25, 0.3) is 0 Å². The number of nitrogens with two attached hydrogens (primary N) is 1. The number of ether oxygens (including phenoxy) is 1. The Hall–Kier alpha value is -2.18. The second kappa shape index (κ2) is 6.37. The fourth-order valence-corrected chi connectivity index (χ4v) is 3.72. The lowest BCUT2D eigenvalue weighted by molar-refractivity contribution is 0.0640. The van der Waals surface area contributed by atoms with Crippen molar-refractivity contribution in [2.45, 2.75) is 37.4 Å². The van der Waals surface area contributed by atoms with Crippen LogP contribution in [0.4, 0.5) is 0 Å². The van der Waals surface area contributed by atoms with Gasteiger partial charge in [-0.05, 0) is 36.5 Å². The molecule has 2 aromatic rings. The van der Waals surface area contributed by atoms with Crippen molar-refractivity contribution < 1.29 is 9.53 Å². The maximum Gasteiger partial charge on any atom is 0.269 e. The third kappa shape index (κ3) is 2.72. The van der Waals surface area contributed by atoms with Gasteiger partial charge in [0.1, 0.15) is 5.69 Å². The highest BCUT2D eigenvalue weighted by molar-refractivity contribution is 5.92. The number of nitrogens with one attached hydrogen (secondary N) is 1. The van der Waals surface area contributed by atoms with Crippen LogP contribution in [0.2, 0.25) is 0 Å². The summed E-state index contributed by atoms with van der Waals surface area (Å²) in [5.41, 5.74) is 9.26. The van der Waals surface area contributed by atoms with Crippen LogP contribution in [0.5, 0.6) is 0 Å². The third-order valence-electron chi connectivity index (χ3n) is 5.04. The first kappa shape index (κ1) is 15.4. The van der Waals surface area contributed by atoms with Crippen molar-refractivity contribution in [1.82, 2.24) is 15.1 Å². The lowest BCUT2D eigenvalue weighted by Gasteiger charge is -2.24. The van der Waals surface area contributed by atoms with Gasteiger partial charge in [-0.1, -0.05) is 24.3 Å². The summed E-state index contributed by atoms with van der Waals surface area (Å²) in [6.07, 6.45) is 4.23. The Morgan fingerprint density at radius 2 is 2.04 bits per heavy atom. The smallest absolute Gasteiger partial charge is 0.269 e. The maximum atomic E-state index is 12.8. The van der Waals surface area contributed by atoms with Crippen molar-refractivity contribution >= 4 is 5.91 Å². The van der Waals surface area contributed by atoms with E-state index in [1.54, 1.807) is 12.3 Å². The molecule has 1 aromatic heterocycles. The van der Waals surface area contributed by atoms with Crippen LogP contribution in [0.1, 0.15) is 46.5 Å². The first-order valence-corrected chi connectivity index (χ1v) is 8.49. The second-order valence-corrected chi connectivity index (χ2v) is 6.51. The average Bonchev–Trinajstić information content (AvgIpc) is 3.22. The number of hydrogen-bond acceptors (Lipinski definition) is 4. The first-order valence-electron chi connectivity index (χ1n) is 8.49. The van der Waals surface area contributed by atoms with Crippen LogP contribution in [-0.2, 0) is 11.2 Å². The molecule has 0 spiro atoms. The minimum Gasteiger partial charge on any atom is -0.381 e. The molecule has 0 saturated carbocycles. The Labute approximate surface area is 141 Å². The SMILES string of the molecule is N[C@@H]1c2ccccc2C[C@H]1NC(=O)c1ccnn1C1CCOCC1. The maximum absolute atomic E-state index is 12.8. The van der Waals surface area contributed by atoms with Crippen LogP contribution in [0.15, 0.2) is 36.5 Å². The standard InChI is InChI=1S/C18H22N4O2/c19-17-14-4-2-1-3-12(14)11-15(17)21-18(23)16-5-8-20-22(16)13-6-9-24-10-7-13/h1-5,8,13,15,17H,6-7,9-11,19H2,(H,21,23)/t15-,17-/m1/s1. The van der Waals surface area contributed by atoms with E-state index in [4.69, 9.17) is 10.5 Å². The summed E-state index contributed by atoms with van der Waals surface area (Å²) in [6, 6.07) is 9.88. The molecular formula is C18H22N4O2. The normalized spacial score (nSPS) is 23.9. The van der Waals surface area contributed by atoms with E-state index < -0.39 is 0 Å². The number of aromatic nitrogens is 2. The molecule has 1 amide bonds. The molecule has 2 heterocycles. The topological polar surface area (TPSA) is 82.2 Å². The van der Waals surface area contributed by atoms with Gasteiger partial charge in [0, 0.05) is 19.4 Å². The Morgan fingerprint density at radius 1 is 1.25 bits per heavy atom. The number of hydrogen-bond donors (Lipinski definition) is 2. The van der Waals surface area contributed by atoms with E-state index in [9.17, 15) is 4.79 Å². The molecule has 0 unspecified atom stereocenters. The highest BCUT2D eigenvalue weighted by Gasteiger charge is 2.31. The van der Waals surface area contributed by atoms with Gasteiger partial charge in [0.2, 0.25) is 0 Å².